The van der Waals surface area contributed by atoms with E-state index in [0.717, 1.165) is 0 Å². The van der Waals surface area contributed by atoms with Crippen molar-refractivity contribution in [2.45, 2.75) is 235 Å². The zero-order valence-electron chi connectivity index (χ0n) is 57.2. The Hall–Kier alpha value is -5.45. The molecule has 3 heterocycles. The van der Waals surface area contributed by atoms with Crippen LogP contribution in [0.4, 0.5) is 0 Å². The Morgan fingerprint density at radius 2 is 0.602 bits per heavy atom. The van der Waals surface area contributed by atoms with Gasteiger partial charge in [-0.25, -0.2) is 0 Å². The molecule has 9 amide bonds. The predicted octanol–water partition coefficient (Wildman–Crippen LogP) is -5.37. The molecule has 0 bridgehead atoms. The van der Waals surface area contributed by atoms with Crippen LogP contribution in [0.3, 0.4) is 0 Å². The number of hydrogen-bond donors (Lipinski definition) is 18. The molecule has 0 spiro atoms. The van der Waals surface area contributed by atoms with Crippen LogP contribution in [0.25, 0.3) is 0 Å². The summed E-state index contributed by atoms with van der Waals surface area (Å²) in [6.45, 7) is 6.77. The highest BCUT2D eigenvalue weighted by atomic mass is 16.7. The Kier molecular flexibility index (Phi) is 43.5. The molecule has 0 saturated carbocycles. The first-order valence-corrected chi connectivity index (χ1v) is 34.1. The predicted molar refractivity (Wildman–Crippen MR) is 345 cm³/mol. The smallest absolute Gasteiger partial charge is 0.222 e. The van der Waals surface area contributed by atoms with Gasteiger partial charge in [-0.3, -0.25) is 43.2 Å². The highest BCUT2D eigenvalue weighted by molar-refractivity contribution is 5.78. The van der Waals surface area contributed by atoms with Crippen LogP contribution in [0, 0.1) is 5.41 Å². The van der Waals surface area contributed by atoms with Gasteiger partial charge in [-0.05, 0) is 70.6 Å². The number of unbranched alkanes of at least 4 members (excludes halogenated alkanes) is 4. The lowest BCUT2D eigenvalue weighted by molar-refractivity contribution is -0.270. The monoisotopic (exact) mass is 1410 g/mol. The molecule has 18 N–H and O–H groups in total. The molecule has 98 heavy (non-hydrogen) atoms. The Morgan fingerprint density at radius 1 is 0.347 bits per heavy atom. The molecule has 15 atom stereocenters. The van der Waals surface area contributed by atoms with Gasteiger partial charge in [0.15, 0.2) is 18.9 Å². The summed E-state index contributed by atoms with van der Waals surface area (Å²) in [6, 6.07) is -3.20. The van der Waals surface area contributed by atoms with Crippen molar-refractivity contribution in [2.75, 3.05) is 105 Å². The van der Waals surface area contributed by atoms with Crippen molar-refractivity contribution < 1.29 is 127 Å². The molecule has 35 nitrogen and oxygen atoms in total. The number of aliphatic hydroxyl groups is 9. The van der Waals surface area contributed by atoms with Crippen LogP contribution in [0.1, 0.15) is 143 Å². The highest BCUT2D eigenvalue weighted by Crippen LogP contribution is 2.28. The average Bonchev–Trinajstić information content (AvgIpc) is 0.825. The normalized spacial score (nSPS) is 26.0. The molecule has 3 aliphatic rings. The molecule has 0 aromatic heterocycles. The van der Waals surface area contributed by atoms with Crippen molar-refractivity contribution in [1.82, 2.24) is 47.9 Å². The molecule has 35 heteroatoms. The summed E-state index contributed by atoms with van der Waals surface area (Å²) in [6.07, 6.45) is -8.58. The van der Waals surface area contributed by atoms with Crippen molar-refractivity contribution in [2.24, 2.45) is 5.41 Å². The molecule has 566 valence electrons. The molecule has 3 fully saturated rings. The topological polar surface area (TPSA) is 518 Å². The highest BCUT2D eigenvalue weighted by Gasteiger charge is 2.48. The fourth-order valence-corrected chi connectivity index (χ4v) is 10.8. The second kappa shape index (κ2) is 49.2. The molecule has 3 saturated heterocycles. The van der Waals surface area contributed by atoms with Crippen LogP contribution in [0.5, 0.6) is 0 Å². The van der Waals surface area contributed by atoms with E-state index in [-0.39, 0.29) is 120 Å². The number of aliphatic hydroxyl groups excluding tert-OH is 9. The van der Waals surface area contributed by atoms with E-state index in [9.17, 15) is 89.1 Å². The number of rotatable bonds is 51. The number of nitrogens with one attached hydrogen (secondary N) is 9. The fraction of sp³-hybridized carbons (Fsp3) is 0.857. The largest absolute Gasteiger partial charge is 0.394 e. The summed E-state index contributed by atoms with van der Waals surface area (Å²) in [5.41, 5.74) is -0.568. The number of ether oxygens (including phenoxy) is 8. The number of carbonyl (C=O) groups excluding carboxylic acids is 9. The molecule has 0 aliphatic carbocycles. The quantitative estimate of drug-likeness (QED) is 0.0253. The maximum atomic E-state index is 12.8. The van der Waals surface area contributed by atoms with Crippen molar-refractivity contribution >= 4 is 53.2 Å². The lowest BCUT2D eigenvalue weighted by Crippen LogP contribution is -2.64. The van der Waals surface area contributed by atoms with E-state index in [2.05, 4.69) is 47.9 Å². The summed E-state index contributed by atoms with van der Waals surface area (Å²) >= 11 is 0. The van der Waals surface area contributed by atoms with E-state index in [1.165, 1.54) is 20.8 Å². The molecule has 0 aromatic rings. The lowest BCUT2D eigenvalue weighted by atomic mass is 9.86. The third kappa shape index (κ3) is 34.8. The third-order valence-electron chi connectivity index (χ3n) is 16.3. The molecule has 3 rings (SSSR count). The second-order valence-electron chi connectivity index (χ2n) is 25.1. The van der Waals surface area contributed by atoms with E-state index in [4.69, 9.17) is 37.9 Å². The molecule has 15 unspecified atom stereocenters. The minimum atomic E-state index is -1.44. The van der Waals surface area contributed by atoms with E-state index < -0.39 is 135 Å². The average molecular weight is 1410 g/mol. The Balaban J connectivity index is 1.34. The van der Waals surface area contributed by atoms with Crippen molar-refractivity contribution in [3.8, 4) is 0 Å². The van der Waals surface area contributed by atoms with Gasteiger partial charge in [-0.2, -0.15) is 0 Å². The van der Waals surface area contributed by atoms with Gasteiger partial charge in [-0.1, -0.05) is 13.3 Å². The molecular formula is C63H113N9O26. The zero-order chi connectivity index (χ0) is 72.4. The fourth-order valence-electron chi connectivity index (χ4n) is 10.8. The minimum absolute atomic E-state index is 0.0592. The van der Waals surface area contributed by atoms with Crippen LogP contribution in [-0.4, -0.2) is 296 Å². The SMILES string of the molecule is CC(=O)NC1C(OCCCCC(=O)NCCCNC(=O)CCCCC(C)(COCCC(=O)NCCCNC(=O)CCCCOC2OC(CO)C(O)C(O)C2NC(C)=O)COCCC(=O)NCCCNC(=O)CCCCOC2OC(CO)C(O)C(O)C2NC(C)=O)OC(CO)C(O)C1O. The Bertz CT molecular complexity index is 2110. The summed E-state index contributed by atoms with van der Waals surface area (Å²) in [4.78, 5) is 111. The number of hydrogen-bond acceptors (Lipinski definition) is 26. The van der Waals surface area contributed by atoms with Crippen LogP contribution in [-0.2, 0) is 81.0 Å². The molecular weight excluding hydrogens is 1300 g/mol. The van der Waals surface area contributed by atoms with E-state index in [0.29, 0.717) is 116 Å². The first-order chi connectivity index (χ1) is 46.8. The first-order valence-electron chi connectivity index (χ1n) is 34.1. The van der Waals surface area contributed by atoms with Gasteiger partial charge in [0, 0.05) is 124 Å². The van der Waals surface area contributed by atoms with Gasteiger partial charge in [-0.15, -0.1) is 0 Å². The van der Waals surface area contributed by atoms with Gasteiger partial charge in [0.1, 0.15) is 73.1 Å². The first kappa shape index (κ1) is 86.8. The number of amides is 9. The van der Waals surface area contributed by atoms with Crippen molar-refractivity contribution in [3.63, 3.8) is 0 Å². The second-order valence-corrected chi connectivity index (χ2v) is 25.1. The summed E-state index contributed by atoms with van der Waals surface area (Å²) in [7, 11) is 0. The third-order valence-corrected chi connectivity index (χ3v) is 16.3. The van der Waals surface area contributed by atoms with Gasteiger partial charge in [0.25, 0.3) is 0 Å². The molecule has 0 aromatic carbocycles. The molecule has 0 radical (unpaired) electrons. The van der Waals surface area contributed by atoms with Crippen LogP contribution in [0.15, 0.2) is 0 Å². The molecule has 3 aliphatic heterocycles. The number of carbonyl (C=O) groups is 9. The van der Waals surface area contributed by atoms with Crippen LogP contribution in [0.2, 0.25) is 0 Å². The maximum absolute atomic E-state index is 12.8. The van der Waals surface area contributed by atoms with Crippen LogP contribution < -0.4 is 47.9 Å². The van der Waals surface area contributed by atoms with Crippen LogP contribution >= 0.6 is 0 Å². The van der Waals surface area contributed by atoms with Crippen molar-refractivity contribution in [3.05, 3.63) is 0 Å². The van der Waals surface area contributed by atoms with Gasteiger partial charge in [0.2, 0.25) is 53.2 Å². The van der Waals surface area contributed by atoms with Gasteiger partial charge < -0.3 is 132 Å². The standard InChI is InChI=1S/C63H113N9O26/c1-39(76)70-51-57(88)54(85)42(34-73)96-60(51)93-29-10-6-17-46(80)65-24-13-23-64-45(79)16-5-9-22-63(4,37-91-32-20-49(83)68-27-14-25-66-47(81)18-7-11-30-94-61-52(71-40(2)77)58(89)55(86)43(35-74)97-61)38-92-33-21-50(84)69-28-15-26-67-48(82)19-8-12-31-95-62-53(72-41(3)78)59(90)56(87)44(36-75)98-62/h42-44,51-62,73-75,85-90H,5-38H2,1-4H3,(H,64,79)(H,65,80)(H,66,81)(H,67,82)(H,68,83)(H,69,84)(H,70,76)(H,71,77)(H,72,78). The Morgan fingerprint density at radius 3 is 0.857 bits per heavy atom. The zero-order valence-corrected chi connectivity index (χ0v) is 57.2. The summed E-state index contributed by atoms with van der Waals surface area (Å²) < 4.78 is 45.7. The van der Waals surface area contributed by atoms with E-state index in [1.807, 2.05) is 6.92 Å². The van der Waals surface area contributed by atoms with E-state index >= 15 is 0 Å². The maximum Gasteiger partial charge on any atom is 0.222 e. The van der Waals surface area contributed by atoms with Gasteiger partial charge >= 0.3 is 0 Å². The minimum Gasteiger partial charge on any atom is -0.394 e. The Labute approximate surface area is 572 Å². The van der Waals surface area contributed by atoms with Crippen molar-refractivity contribution in [1.29, 1.82) is 0 Å². The lowest BCUT2D eigenvalue weighted by Gasteiger charge is -2.42. The summed E-state index contributed by atoms with van der Waals surface area (Å²) in [5.74, 6) is -2.71. The summed E-state index contributed by atoms with van der Waals surface area (Å²) in [5, 5.41) is 115. The van der Waals surface area contributed by atoms with E-state index in [1.54, 1.807) is 0 Å². The van der Waals surface area contributed by atoms with Gasteiger partial charge in [0.05, 0.1) is 46.2 Å².